The number of imide groups is 1. The topological polar surface area (TPSA) is 652 Å². The van der Waals surface area contributed by atoms with Gasteiger partial charge in [0.2, 0.25) is 76.8 Å². The first-order chi connectivity index (χ1) is 66.4. The number of carboxylic acids is 4. The Morgan fingerprint density at radius 1 is 0.418 bits per heavy atom. The van der Waals surface area contributed by atoms with Gasteiger partial charge in [-0.15, -0.1) is 5.06 Å². The number of aliphatic hydroxyl groups is 2. The van der Waals surface area contributed by atoms with Crippen LogP contribution in [0.3, 0.4) is 0 Å². The van der Waals surface area contributed by atoms with Crippen LogP contribution in [0.4, 0.5) is 17.6 Å². The van der Waals surface area contributed by atoms with Crippen molar-refractivity contribution >= 4 is 118 Å². The van der Waals surface area contributed by atoms with Crippen LogP contribution in [0.1, 0.15) is 185 Å². The molecule has 141 heavy (non-hydrogen) atoms. The van der Waals surface area contributed by atoms with Gasteiger partial charge in [-0.25, -0.2) is 31.9 Å². The molecule has 6 aromatic rings. The number of benzene rings is 4. The van der Waals surface area contributed by atoms with E-state index in [0.717, 1.165) is 46.2 Å². The van der Waals surface area contributed by atoms with E-state index in [4.69, 9.17) is 16.3 Å². The fraction of sp³-hybridized carbons (Fsp3) is 0.447. The molecule has 762 valence electrons. The first-order valence-corrected chi connectivity index (χ1v) is 44.8. The summed E-state index contributed by atoms with van der Waals surface area (Å²) in [4.78, 5) is 276. The highest BCUT2D eigenvalue weighted by molar-refractivity contribution is 6.02. The van der Waals surface area contributed by atoms with Crippen LogP contribution in [0.2, 0.25) is 0 Å². The second-order valence-electron chi connectivity index (χ2n) is 35.5. The molecule has 0 spiro atoms. The lowest BCUT2D eigenvalue weighted by atomic mass is 9.82. The summed E-state index contributed by atoms with van der Waals surface area (Å²) < 4.78 is 64.7. The number of hydrogen-bond acceptors (Lipinski definition) is 23. The summed E-state index contributed by atoms with van der Waals surface area (Å²) in [6, 6.07) is 9.53. The number of primary amides is 2. The standard InChI is InChI=1S/C94H116F4N16O27/c1-93(2,3)84(69-40-54(58-42-56(95)20-22-60(58)97)48-110(69)46-52-14-9-7-10-15-52)112(79(125)50-115)38-34-63(86(132)101-36-32-75(121)104-65(91(137)138)25-30-81(127)128)107-89(135)67(44-71(99)117)106-74(120)27-24-62(103-73(119)18-13-19-83(131)141-114-77(123)28-29-78(114)124)88(134)109-68(45-72(100)118)90(136)108-64(87(133)102-37-33-76(122)105-66(92(139)140)26-31-82(129)130)35-39-113(80(126)51-116)85(94(4,5)6)70-41-55(59-43-57(96)21-23-61(59)98)49-111(70)47-53-16-11-8-12-17-53/h7-12,14-17,20-23,40-43,48-49,62-68,84-85,115-116H,13,18-19,24-39,44-47,50-51H2,1-6H3,(H2,99,117)(H2,100,118)(H,101,132)(H,102,133)(H,103,119)(H,104,121)(H,105,122)(H,106,120)(H,107,135)(H,108,136)(H,109,134)(H,127,128)(H,129,130)(H,137,138)(H,139,140)/t62-,63-,64-,65+,66+,67-,68-,84-,85-/m0/s1. The van der Waals surface area contributed by atoms with Crippen LogP contribution in [0.15, 0.2) is 122 Å². The molecule has 47 heteroatoms. The number of aliphatic hydroxyl groups excluding tert-OH is 2. The predicted octanol–water partition coefficient (Wildman–Crippen LogP) is 2.19. The average molecular weight is 1980 g/mol. The Labute approximate surface area is 805 Å². The van der Waals surface area contributed by atoms with Crippen molar-refractivity contribution in [3.63, 3.8) is 0 Å². The Morgan fingerprint density at radius 2 is 0.766 bits per heavy atom. The first kappa shape index (κ1) is 113. The molecule has 0 bridgehead atoms. The van der Waals surface area contributed by atoms with Gasteiger partial charge in [-0.1, -0.05) is 102 Å². The molecular formula is C94H116F4N16O27. The van der Waals surface area contributed by atoms with Crippen molar-refractivity contribution in [1.82, 2.24) is 71.8 Å². The number of aliphatic carboxylic acids is 4. The second kappa shape index (κ2) is 53.0. The van der Waals surface area contributed by atoms with Crippen molar-refractivity contribution in [2.45, 2.75) is 218 Å². The van der Waals surface area contributed by atoms with Crippen LogP contribution in [0.5, 0.6) is 0 Å². The molecule has 0 unspecified atom stereocenters. The lowest BCUT2D eigenvalue weighted by molar-refractivity contribution is -0.197. The number of rotatable bonds is 56. The maximum Gasteiger partial charge on any atom is 0.333 e. The van der Waals surface area contributed by atoms with Crippen LogP contribution in [0, 0.1) is 34.1 Å². The molecule has 3 heterocycles. The summed E-state index contributed by atoms with van der Waals surface area (Å²) in [5.41, 5.74) is 10.8. The summed E-state index contributed by atoms with van der Waals surface area (Å²) >= 11 is 0. The quantitative estimate of drug-likeness (QED) is 0.0192. The highest BCUT2D eigenvalue weighted by Crippen LogP contribution is 2.44. The van der Waals surface area contributed by atoms with Gasteiger partial charge in [0.1, 0.15) is 78.8 Å². The molecule has 0 aliphatic carbocycles. The molecule has 1 fully saturated rings. The summed E-state index contributed by atoms with van der Waals surface area (Å²) in [7, 11) is 0. The highest BCUT2D eigenvalue weighted by Gasteiger charge is 2.43. The van der Waals surface area contributed by atoms with E-state index in [0.29, 0.717) is 11.1 Å². The SMILES string of the molecule is CC(C)(C)[C@H](c1cc(-c2cc(F)ccc2F)cn1Cc1ccccc1)N(CC[C@H](NC(=O)[C@H](CC(N)=O)NC(=O)CC[C@H](NC(=O)CCCC(=O)ON1C(=O)CCC1=O)C(=O)N[C@@H](CC(N)=O)C(=O)N[C@@H](CCN(C(=O)CO)[C@@H](c1cc(-c2cc(F)ccc2F)cn1Cc1ccccc1)C(C)(C)C)C(=O)NCCC(=O)N[C@H](CCC(=O)O)C(=O)O)C(=O)NCCC(=O)N[C@H](CCC(=O)O)C(=O)O)C(=O)CO. The van der Waals surface area contributed by atoms with Crippen molar-refractivity contribution in [1.29, 1.82) is 0 Å². The minimum atomic E-state index is -2.25. The van der Waals surface area contributed by atoms with Gasteiger partial charge in [0.05, 0.1) is 24.9 Å². The van der Waals surface area contributed by atoms with Gasteiger partial charge >= 0.3 is 29.8 Å². The Hall–Kier alpha value is -15.3. The number of hydroxylamine groups is 2. The maximum atomic E-state index is 15.8. The number of nitrogens with zero attached hydrogens (tertiary/aromatic N) is 5. The molecule has 0 saturated carbocycles. The number of carboxylic acid groups (broad SMARTS) is 4. The number of hydrogen-bond donors (Lipinski definition) is 17. The Morgan fingerprint density at radius 3 is 1.14 bits per heavy atom. The van der Waals surface area contributed by atoms with Crippen molar-refractivity contribution in [3.05, 3.63) is 167 Å². The summed E-state index contributed by atoms with van der Waals surface area (Å²) in [5.74, 6) is -28.2. The zero-order valence-corrected chi connectivity index (χ0v) is 78.1. The van der Waals surface area contributed by atoms with E-state index in [1.807, 2.05) is 0 Å². The molecule has 1 saturated heterocycles. The number of carbonyl (C=O) groups is 20. The second-order valence-corrected chi connectivity index (χ2v) is 35.5. The fourth-order valence-corrected chi connectivity index (χ4v) is 15.6. The Bertz CT molecular complexity index is 5560. The molecule has 0 radical (unpaired) electrons. The number of nitrogens with two attached hydrogens (primary N) is 2. The summed E-state index contributed by atoms with van der Waals surface area (Å²) in [5, 5.41) is 80.3. The Balaban J connectivity index is 1.24. The number of aromatic nitrogens is 2. The van der Waals surface area contributed by atoms with E-state index in [-0.39, 0.29) is 64.6 Å². The van der Waals surface area contributed by atoms with E-state index in [9.17, 15) is 126 Å². The third kappa shape index (κ3) is 35.3. The summed E-state index contributed by atoms with van der Waals surface area (Å²) in [6.45, 7) is 5.09. The normalized spacial score (nSPS) is 13.9. The van der Waals surface area contributed by atoms with E-state index in [1.165, 1.54) is 24.5 Å². The van der Waals surface area contributed by atoms with Gasteiger partial charge in [0.25, 0.3) is 11.8 Å². The smallest absolute Gasteiger partial charge is 0.333 e. The summed E-state index contributed by atoms with van der Waals surface area (Å²) in [6.07, 6.45) is -9.04. The maximum absolute atomic E-state index is 15.8. The molecule has 2 aromatic heterocycles. The molecule has 1 aliphatic heterocycles. The van der Waals surface area contributed by atoms with E-state index < -0.39 is 343 Å². The molecule has 19 N–H and O–H groups in total. The third-order valence-corrected chi connectivity index (χ3v) is 22.3. The minimum absolute atomic E-state index is 0.0294. The minimum Gasteiger partial charge on any atom is -0.481 e. The molecule has 7 rings (SSSR count). The van der Waals surface area contributed by atoms with E-state index in [1.54, 1.807) is 111 Å². The molecule has 4 aromatic carbocycles. The zero-order valence-electron chi connectivity index (χ0n) is 78.1. The molecule has 15 amide bonds. The number of nitrogens with one attached hydrogen (secondary N) is 9. The Kier molecular flexibility index (Phi) is 42.4. The van der Waals surface area contributed by atoms with Crippen molar-refractivity contribution in [2.75, 3.05) is 39.4 Å². The monoisotopic (exact) mass is 1980 g/mol. The van der Waals surface area contributed by atoms with Gasteiger partial charge in [0, 0.05) is 143 Å². The largest absolute Gasteiger partial charge is 0.481 e. The van der Waals surface area contributed by atoms with E-state index in [2.05, 4.69) is 47.9 Å². The lowest BCUT2D eigenvalue weighted by Crippen LogP contribution is -2.58. The zero-order chi connectivity index (χ0) is 104. The van der Waals surface area contributed by atoms with Crippen LogP contribution in [-0.4, -0.2) is 255 Å². The molecule has 1 aliphatic rings. The molecular weight excluding hydrogens is 1860 g/mol. The van der Waals surface area contributed by atoms with Gasteiger partial charge in [-0.2, -0.15) is 0 Å². The van der Waals surface area contributed by atoms with Gasteiger partial charge in [-0.3, -0.25) is 81.5 Å². The number of amides is 15. The van der Waals surface area contributed by atoms with E-state index >= 15 is 18.4 Å². The van der Waals surface area contributed by atoms with Crippen LogP contribution >= 0.6 is 0 Å². The van der Waals surface area contributed by atoms with Crippen LogP contribution in [0.25, 0.3) is 22.3 Å². The van der Waals surface area contributed by atoms with Gasteiger partial charge < -0.3 is 114 Å². The van der Waals surface area contributed by atoms with Gasteiger partial charge in [0.15, 0.2) is 0 Å². The first-order valence-electron chi connectivity index (χ1n) is 44.8. The third-order valence-electron chi connectivity index (χ3n) is 22.3. The van der Waals surface area contributed by atoms with Crippen molar-refractivity contribution in [2.24, 2.45) is 22.3 Å². The highest BCUT2D eigenvalue weighted by atomic mass is 19.1. The predicted molar refractivity (Wildman–Crippen MR) is 488 cm³/mol. The van der Waals surface area contributed by atoms with Crippen LogP contribution in [-0.2, 0) is 114 Å². The van der Waals surface area contributed by atoms with Crippen molar-refractivity contribution in [3.8, 4) is 22.3 Å². The van der Waals surface area contributed by atoms with Crippen LogP contribution < -0.4 is 59.3 Å². The molecule has 9 atom stereocenters. The lowest BCUT2D eigenvalue weighted by Gasteiger charge is -2.41. The van der Waals surface area contributed by atoms with Gasteiger partial charge in [-0.05, 0) is 109 Å². The van der Waals surface area contributed by atoms with Crippen molar-refractivity contribution < 1.29 is 149 Å². The number of halogens is 4. The molecule has 43 nitrogen and oxygen atoms in total. The average Bonchev–Trinajstić information content (AvgIpc) is 1.61. The number of carbonyl (C=O) groups excluding carboxylic acids is 16. The fourth-order valence-electron chi connectivity index (χ4n) is 15.6.